The lowest BCUT2D eigenvalue weighted by molar-refractivity contribution is -0.135. The van der Waals surface area contributed by atoms with Crippen molar-refractivity contribution in [1.82, 2.24) is 20.3 Å². The molecule has 5 nitrogen and oxygen atoms in total. The van der Waals surface area contributed by atoms with Crippen LogP contribution in [0.25, 0.3) is 0 Å². The number of aliphatic hydroxyl groups is 1. The summed E-state index contributed by atoms with van der Waals surface area (Å²) in [7, 11) is 0. The van der Waals surface area contributed by atoms with Gasteiger partial charge in [0.2, 0.25) is 0 Å². The maximum Gasteiger partial charge on any atom is 0.389 e. The van der Waals surface area contributed by atoms with Gasteiger partial charge in [0.05, 0.1) is 5.69 Å². The van der Waals surface area contributed by atoms with E-state index in [0.29, 0.717) is 31.7 Å². The molecule has 8 heteroatoms. The highest BCUT2D eigenvalue weighted by molar-refractivity contribution is 4.91. The Hall–Kier alpha value is -1.15. The van der Waals surface area contributed by atoms with Gasteiger partial charge < -0.3 is 10.4 Å². The largest absolute Gasteiger partial charge is 0.396 e. The average Bonchev–Trinajstić information content (AvgIpc) is 2.72. The monoisotopic (exact) mass is 266 g/mol. The van der Waals surface area contributed by atoms with Crippen molar-refractivity contribution in [3.05, 3.63) is 11.9 Å². The van der Waals surface area contributed by atoms with Crippen molar-refractivity contribution in [2.75, 3.05) is 13.2 Å². The van der Waals surface area contributed by atoms with E-state index in [4.69, 9.17) is 5.11 Å². The second kappa shape index (κ2) is 7.32. The average molecular weight is 266 g/mol. The SMILES string of the molecule is OCCCn1cc(CNCCCC(F)(F)F)nn1. The zero-order valence-corrected chi connectivity index (χ0v) is 9.95. The standard InChI is InChI=1S/C10H17F3N4O/c11-10(12,13)3-1-4-14-7-9-8-17(16-15-9)5-2-6-18/h8,14,18H,1-7H2. The highest BCUT2D eigenvalue weighted by Crippen LogP contribution is 2.20. The number of nitrogens with one attached hydrogen (secondary N) is 1. The van der Waals surface area contributed by atoms with E-state index in [0.717, 1.165) is 0 Å². The molecule has 0 atom stereocenters. The van der Waals surface area contributed by atoms with Crippen LogP contribution in [-0.2, 0) is 13.1 Å². The van der Waals surface area contributed by atoms with Gasteiger partial charge in [-0.2, -0.15) is 13.2 Å². The number of alkyl halides is 3. The van der Waals surface area contributed by atoms with Crippen molar-refractivity contribution in [2.24, 2.45) is 0 Å². The Labute approximate surface area is 103 Å². The third-order valence-electron chi connectivity index (χ3n) is 2.25. The highest BCUT2D eigenvalue weighted by atomic mass is 19.4. The van der Waals surface area contributed by atoms with Crippen molar-refractivity contribution < 1.29 is 18.3 Å². The topological polar surface area (TPSA) is 63.0 Å². The fraction of sp³-hybridized carbons (Fsp3) is 0.800. The van der Waals surface area contributed by atoms with Crippen molar-refractivity contribution >= 4 is 0 Å². The lowest BCUT2D eigenvalue weighted by Gasteiger charge is -2.05. The summed E-state index contributed by atoms with van der Waals surface area (Å²) >= 11 is 0. The molecule has 0 unspecified atom stereocenters. The Bertz CT molecular complexity index is 340. The van der Waals surface area contributed by atoms with Gasteiger partial charge in [-0.15, -0.1) is 5.10 Å². The summed E-state index contributed by atoms with van der Waals surface area (Å²) in [5, 5.41) is 19.2. The fourth-order valence-electron chi connectivity index (χ4n) is 1.39. The number of rotatable bonds is 8. The third-order valence-corrected chi connectivity index (χ3v) is 2.25. The Morgan fingerprint density at radius 2 is 2.11 bits per heavy atom. The molecule has 0 spiro atoms. The molecule has 0 aliphatic rings. The number of hydrogen-bond acceptors (Lipinski definition) is 4. The molecule has 0 saturated heterocycles. The molecule has 0 saturated carbocycles. The molecule has 0 aliphatic heterocycles. The Morgan fingerprint density at radius 3 is 2.78 bits per heavy atom. The summed E-state index contributed by atoms with van der Waals surface area (Å²) < 4.78 is 37.2. The summed E-state index contributed by atoms with van der Waals surface area (Å²) in [5.74, 6) is 0. The van der Waals surface area contributed by atoms with Gasteiger partial charge in [0.15, 0.2) is 0 Å². The van der Waals surface area contributed by atoms with E-state index in [1.807, 2.05) is 0 Å². The Balaban J connectivity index is 2.13. The minimum atomic E-state index is -4.09. The quantitative estimate of drug-likeness (QED) is 0.691. The maximum atomic E-state index is 11.9. The van der Waals surface area contributed by atoms with Gasteiger partial charge in [-0.25, -0.2) is 0 Å². The first kappa shape index (κ1) is 14.9. The fourth-order valence-corrected chi connectivity index (χ4v) is 1.39. The number of nitrogens with zero attached hydrogens (tertiary/aromatic N) is 3. The van der Waals surface area contributed by atoms with E-state index in [2.05, 4.69) is 15.6 Å². The predicted molar refractivity (Wildman–Crippen MR) is 58.7 cm³/mol. The van der Waals surface area contributed by atoms with Crippen LogP contribution in [0, 0.1) is 0 Å². The Kier molecular flexibility index (Phi) is 6.06. The van der Waals surface area contributed by atoms with Crippen LogP contribution in [0.3, 0.4) is 0 Å². The Morgan fingerprint density at radius 1 is 1.33 bits per heavy atom. The minimum Gasteiger partial charge on any atom is -0.396 e. The molecule has 0 fully saturated rings. The summed E-state index contributed by atoms with van der Waals surface area (Å²) in [6.07, 6.45) is -2.49. The number of hydrogen-bond donors (Lipinski definition) is 2. The number of aryl methyl sites for hydroxylation is 1. The first-order valence-corrected chi connectivity index (χ1v) is 5.78. The predicted octanol–water partition coefficient (Wildman–Crippen LogP) is 1.09. The summed E-state index contributed by atoms with van der Waals surface area (Å²) in [4.78, 5) is 0. The molecule has 0 aromatic carbocycles. The summed E-state index contributed by atoms with van der Waals surface area (Å²) in [6.45, 7) is 1.36. The van der Waals surface area contributed by atoms with Crippen LogP contribution in [-0.4, -0.2) is 39.4 Å². The second-order valence-corrected chi connectivity index (χ2v) is 3.95. The lowest BCUT2D eigenvalue weighted by Crippen LogP contribution is -2.18. The van der Waals surface area contributed by atoms with Gasteiger partial charge in [0, 0.05) is 32.3 Å². The van der Waals surface area contributed by atoms with Crippen LogP contribution >= 0.6 is 0 Å². The van der Waals surface area contributed by atoms with Crippen molar-refractivity contribution in [1.29, 1.82) is 0 Å². The summed E-state index contributed by atoms with van der Waals surface area (Å²) in [6, 6.07) is 0. The molecule has 104 valence electrons. The van der Waals surface area contributed by atoms with Gasteiger partial charge >= 0.3 is 6.18 Å². The smallest absolute Gasteiger partial charge is 0.389 e. The van der Waals surface area contributed by atoms with Crippen LogP contribution in [0.5, 0.6) is 0 Å². The first-order chi connectivity index (χ1) is 8.51. The summed E-state index contributed by atoms with van der Waals surface area (Å²) in [5.41, 5.74) is 0.681. The first-order valence-electron chi connectivity index (χ1n) is 5.78. The molecule has 0 bridgehead atoms. The zero-order chi connectivity index (χ0) is 13.4. The van der Waals surface area contributed by atoms with Gasteiger partial charge in [-0.3, -0.25) is 4.68 Å². The van der Waals surface area contributed by atoms with Gasteiger partial charge in [0.25, 0.3) is 0 Å². The normalized spacial score (nSPS) is 12.0. The van der Waals surface area contributed by atoms with Gasteiger partial charge in [0.1, 0.15) is 0 Å². The van der Waals surface area contributed by atoms with Crippen molar-refractivity contribution in [3.63, 3.8) is 0 Å². The van der Waals surface area contributed by atoms with E-state index in [-0.39, 0.29) is 13.0 Å². The van der Waals surface area contributed by atoms with Crippen LogP contribution in [0.1, 0.15) is 25.0 Å². The van der Waals surface area contributed by atoms with Gasteiger partial charge in [-0.05, 0) is 19.4 Å². The second-order valence-electron chi connectivity index (χ2n) is 3.95. The molecule has 0 amide bonds. The highest BCUT2D eigenvalue weighted by Gasteiger charge is 2.25. The third kappa shape index (κ3) is 6.55. The van der Waals surface area contributed by atoms with Crippen LogP contribution < -0.4 is 5.32 Å². The molecule has 1 aromatic rings. The molecule has 0 radical (unpaired) electrons. The van der Waals surface area contributed by atoms with E-state index >= 15 is 0 Å². The minimum absolute atomic E-state index is 0.0577. The molecule has 18 heavy (non-hydrogen) atoms. The molecular formula is C10H17F3N4O. The molecule has 0 aliphatic carbocycles. The molecule has 1 heterocycles. The number of aromatic nitrogens is 3. The van der Waals surface area contributed by atoms with Crippen molar-refractivity contribution in [2.45, 2.75) is 38.5 Å². The van der Waals surface area contributed by atoms with E-state index in [9.17, 15) is 13.2 Å². The van der Waals surface area contributed by atoms with Crippen LogP contribution in [0.4, 0.5) is 13.2 Å². The van der Waals surface area contributed by atoms with E-state index in [1.54, 1.807) is 10.9 Å². The molecular weight excluding hydrogens is 249 g/mol. The zero-order valence-electron chi connectivity index (χ0n) is 9.95. The van der Waals surface area contributed by atoms with Crippen molar-refractivity contribution in [3.8, 4) is 0 Å². The number of halogens is 3. The van der Waals surface area contributed by atoms with Crippen LogP contribution in [0.15, 0.2) is 6.20 Å². The molecule has 1 rings (SSSR count). The van der Waals surface area contributed by atoms with Gasteiger partial charge in [-0.1, -0.05) is 5.21 Å². The van der Waals surface area contributed by atoms with Crippen LogP contribution in [0.2, 0.25) is 0 Å². The lowest BCUT2D eigenvalue weighted by atomic mass is 10.3. The molecule has 2 N–H and O–H groups in total. The van der Waals surface area contributed by atoms with E-state index in [1.165, 1.54) is 0 Å². The van der Waals surface area contributed by atoms with E-state index < -0.39 is 12.6 Å². The maximum absolute atomic E-state index is 11.9. The molecule has 1 aromatic heterocycles. The number of aliphatic hydroxyl groups excluding tert-OH is 1.